The molecule has 1 aliphatic heterocycles. The maximum absolute atomic E-state index is 12.6. The quantitative estimate of drug-likeness (QED) is 0.511. The number of aliphatic carboxylic acids is 1. The molecule has 1 aromatic carbocycles. The van der Waals surface area contributed by atoms with E-state index < -0.39 is 11.9 Å². The van der Waals surface area contributed by atoms with Crippen molar-refractivity contribution >= 4 is 34.9 Å². The number of amides is 1. The third-order valence-electron chi connectivity index (χ3n) is 4.60. The zero-order chi connectivity index (χ0) is 20.0. The van der Waals surface area contributed by atoms with E-state index >= 15 is 0 Å². The van der Waals surface area contributed by atoms with Crippen LogP contribution in [0, 0.1) is 5.92 Å². The van der Waals surface area contributed by atoms with Crippen LogP contribution >= 0.6 is 12.2 Å². The first-order valence-corrected chi connectivity index (χ1v) is 9.24. The lowest BCUT2D eigenvalue weighted by atomic mass is 9.96. The van der Waals surface area contributed by atoms with Gasteiger partial charge < -0.3 is 20.5 Å². The third-order valence-corrected chi connectivity index (χ3v) is 4.84. The third kappa shape index (κ3) is 6.11. The number of ketones is 1. The number of thiocarbonyl (C=S) groups is 1. The van der Waals surface area contributed by atoms with Gasteiger partial charge in [-0.2, -0.15) is 0 Å². The molecular weight excluding hydrogens is 368 g/mol. The van der Waals surface area contributed by atoms with Gasteiger partial charge >= 0.3 is 5.97 Å². The van der Waals surface area contributed by atoms with Gasteiger partial charge in [0.25, 0.3) is 0 Å². The minimum Gasteiger partial charge on any atom is -0.480 e. The molecule has 7 nitrogen and oxygen atoms in total. The Balaban J connectivity index is 1.84. The predicted octanol–water partition coefficient (Wildman–Crippen LogP) is 1.62. The fraction of sp³-hybridized carbons (Fsp3) is 0.474. The Labute approximate surface area is 163 Å². The number of carboxylic acid groups (broad SMARTS) is 1. The van der Waals surface area contributed by atoms with Crippen molar-refractivity contribution < 1.29 is 24.2 Å². The smallest absolute Gasteiger partial charge is 0.329 e. The molecule has 1 heterocycles. The van der Waals surface area contributed by atoms with Gasteiger partial charge in [0.05, 0.1) is 6.10 Å². The number of carbonyl (C=O) groups is 3. The molecule has 0 radical (unpaired) electrons. The monoisotopic (exact) mass is 392 g/mol. The highest BCUT2D eigenvalue weighted by Gasteiger charge is 2.28. The molecule has 0 aromatic heterocycles. The molecule has 0 aliphatic carbocycles. The van der Waals surface area contributed by atoms with Gasteiger partial charge in [-0.1, -0.05) is 43.4 Å². The highest BCUT2D eigenvalue weighted by Crippen LogP contribution is 2.19. The zero-order valence-corrected chi connectivity index (χ0v) is 16.0. The summed E-state index contributed by atoms with van der Waals surface area (Å²) in [5.74, 6) is -1.60. The van der Waals surface area contributed by atoms with Crippen LogP contribution < -0.4 is 5.73 Å². The number of carbonyl (C=O) groups excluding carboxylic acids is 2. The number of benzene rings is 1. The number of hydrogen-bond acceptors (Lipinski definition) is 5. The Morgan fingerprint density at radius 3 is 2.30 bits per heavy atom. The SMILES string of the molecule is CC(CC(=O)c1ccc(C(N)=S)cc1)C(=O)N1CCC(OCC(=O)O)CC1. The molecular formula is C19H24N2O5S. The van der Waals surface area contributed by atoms with Crippen LogP contribution in [0.4, 0.5) is 0 Å². The average molecular weight is 392 g/mol. The van der Waals surface area contributed by atoms with Crippen LogP contribution in [0.1, 0.15) is 42.1 Å². The maximum atomic E-state index is 12.6. The van der Waals surface area contributed by atoms with E-state index in [2.05, 4.69) is 0 Å². The van der Waals surface area contributed by atoms with E-state index in [0.717, 1.165) is 0 Å². The second kappa shape index (κ2) is 9.57. The van der Waals surface area contributed by atoms with E-state index in [-0.39, 0.29) is 35.8 Å². The Morgan fingerprint density at radius 2 is 1.78 bits per heavy atom. The molecule has 1 saturated heterocycles. The van der Waals surface area contributed by atoms with Gasteiger partial charge in [0.15, 0.2) is 5.78 Å². The molecule has 1 unspecified atom stereocenters. The Hall–Kier alpha value is -2.32. The lowest BCUT2D eigenvalue weighted by Crippen LogP contribution is -2.43. The molecule has 3 N–H and O–H groups in total. The van der Waals surface area contributed by atoms with Crippen LogP contribution in [0.25, 0.3) is 0 Å². The number of rotatable bonds is 8. The zero-order valence-electron chi connectivity index (χ0n) is 15.2. The topological polar surface area (TPSA) is 110 Å². The van der Waals surface area contributed by atoms with Gasteiger partial charge in [0, 0.05) is 36.6 Å². The molecule has 1 fully saturated rings. The Morgan fingerprint density at radius 1 is 1.22 bits per heavy atom. The summed E-state index contributed by atoms with van der Waals surface area (Å²) in [6.07, 6.45) is 1.18. The number of nitrogens with zero attached hydrogens (tertiary/aromatic N) is 1. The summed E-state index contributed by atoms with van der Waals surface area (Å²) in [4.78, 5) is 37.5. The number of piperidine rings is 1. The highest BCUT2D eigenvalue weighted by molar-refractivity contribution is 7.80. The molecule has 2 rings (SSSR count). The summed E-state index contributed by atoms with van der Waals surface area (Å²) in [5, 5.41) is 8.64. The number of likely N-dealkylation sites (tertiary alicyclic amines) is 1. The molecule has 146 valence electrons. The van der Waals surface area contributed by atoms with Crippen molar-refractivity contribution in [1.29, 1.82) is 0 Å². The van der Waals surface area contributed by atoms with E-state index in [4.69, 9.17) is 27.8 Å². The lowest BCUT2D eigenvalue weighted by molar-refractivity contribution is -0.147. The number of ether oxygens (including phenoxy) is 1. The first-order valence-electron chi connectivity index (χ1n) is 8.83. The predicted molar refractivity (Wildman–Crippen MR) is 104 cm³/mol. The summed E-state index contributed by atoms with van der Waals surface area (Å²) in [6, 6.07) is 6.73. The van der Waals surface area contributed by atoms with Crippen LogP contribution in [0.2, 0.25) is 0 Å². The van der Waals surface area contributed by atoms with Gasteiger partial charge in [0.2, 0.25) is 5.91 Å². The second-order valence-electron chi connectivity index (χ2n) is 6.70. The highest BCUT2D eigenvalue weighted by atomic mass is 32.1. The standard InChI is InChI=1S/C19H24N2O5S/c1-12(10-16(22)13-2-4-14(5-3-13)18(20)27)19(25)21-8-6-15(7-9-21)26-11-17(23)24/h2-5,12,15H,6-11H2,1H3,(H2,20,27)(H,23,24). The number of carboxylic acids is 1. The second-order valence-corrected chi connectivity index (χ2v) is 7.14. The van der Waals surface area contributed by atoms with Crippen molar-refractivity contribution in [1.82, 2.24) is 4.90 Å². The van der Waals surface area contributed by atoms with Crippen molar-refractivity contribution in [3.63, 3.8) is 0 Å². The fourth-order valence-electron chi connectivity index (χ4n) is 3.05. The molecule has 0 bridgehead atoms. The van der Waals surface area contributed by atoms with Gasteiger partial charge in [-0.3, -0.25) is 9.59 Å². The normalized spacial score (nSPS) is 16.0. The fourth-order valence-corrected chi connectivity index (χ4v) is 3.18. The van der Waals surface area contributed by atoms with Crippen molar-refractivity contribution in [2.45, 2.75) is 32.3 Å². The Kier molecular flexibility index (Phi) is 7.44. The minimum absolute atomic E-state index is 0.0696. The van der Waals surface area contributed by atoms with E-state index in [1.807, 2.05) is 0 Å². The number of hydrogen-bond donors (Lipinski definition) is 2. The first-order chi connectivity index (χ1) is 12.8. The molecule has 0 spiro atoms. The van der Waals surface area contributed by atoms with E-state index in [9.17, 15) is 14.4 Å². The summed E-state index contributed by atoms with van der Waals surface area (Å²) in [7, 11) is 0. The van der Waals surface area contributed by atoms with Crippen molar-refractivity contribution in [2.24, 2.45) is 11.7 Å². The Bertz CT molecular complexity index is 711. The lowest BCUT2D eigenvalue weighted by Gasteiger charge is -2.33. The molecule has 0 saturated carbocycles. The minimum atomic E-state index is -0.998. The van der Waals surface area contributed by atoms with E-state index in [0.29, 0.717) is 37.1 Å². The molecule has 8 heteroatoms. The number of nitrogens with two attached hydrogens (primary N) is 1. The maximum Gasteiger partial charge on any atom is 0.329 e. The summed E-state index contributed by atoms with van der Waals surface area (Å²) >= 11 is 4.89. The van der Waals surface area contributed by atoms with Crippen LogP contribution in [-0.4, -0.2) is 58.5 Å². The summed E-state index contributed by atoms with van der Waals surface area (Å²) in [6.45, 7) is 2.43. The van der Waals surface area contributed by atoms with Gasteiger partial charge in [-0.25, -0.2) is 4.79 Å². The summed E-state index contributed by atoms with van der Waals surface area (Å²) in [5.41, 5.74) is 6.76. The van der Waals surface area contributed by atoms with E-state index in [1.165, 1.54) is 0 Å². The number of Topliss-reactive ketones (excluding diaryl/α,β-unsaturated/α-hetero) is 1. The first kappa shape index (κ1) is 21.0. The van der Waals surface area contributed by atoms with Crippen molar-refractivity contribution in [3.05, 3.63) is 35.4 Å². The van der Waals surface area contributed by atoms with Crippen LogP contribution in [0.3, 0.4) is 0 Å². The van der Waals surface area contributed by atoms with Crippen LogP contribution in [0.5, 0.6) is 0 Å². The van der Waals surface area contributed by atoms with Crippen LogP contribution in [-0.2, 0) is 14.3 Å². The molecule has 1 atom stereocenters. The molecule has 1 amide bonds. The van der Waals surface area contributed by atoms with Gasteiger partial charge in [-0.05, 0) is 12.8 Å². The van der Waals surface area contributed by atoms with Crippen molar-refractivity contribution in [2.75, 3.05) is 19.7 Å². The molecule has 27 heavy (non-hydrogen) atoms. The van der Waals surface area contributed by atoms with Crippen LogP contribution in [0.15, 0.2) is 24.3 Å². The molecule has 1 aliphatic rings. The average Bonchev–Trinajstić information content (AvgIpc) is 2.66. The van der Waals surface area contributed by atoms with Crippen molar-refractivity contribution in [3.8, 4) is 0 Å². The van der Waals surface area contributed by atoms with E-state index in [1.54, 1.807) is 36.1 Å². The van der Waals surface area contributed by atoms with Gasteiger partial charge in [0.1, 0.15) is 11.6 Å². The summed E-state index contributed by atoms with van der Waals surface area (Å²) < 4.78 is 5.27. The molecule has 1 aromatic rings. The largest absolute Gasteiger partial charge is 0.480 e. The van der Waals surface area contributed by atoms with Gasteiger partial charge in [-0.15, -0.1) is 0 Å².